The molecule has 7 nitrogen and oxygen atoms in total. The maximum absolute atomic E-state index is 12.6. The number of benzene rings is 1. The Morgan fingerprint density at radius 2 is 2.00 bits per heavy atom. The lowest BCUT2D eigenvalue weighted by Crippen LogP contribution is -2.41. The predicted octanol–water partition coefficient (Wildman–Crippen LogP) is 3.84. The Kier molecular flexibility index (Phi) is 7.00. The number of likely N-dealkylation sites (tertiary alicyclic amines) is 1. The summed E-state index contributed by atoms with van der Waals surface area (Å²) in [4.78, 5) is 39.8. The lowest BCUT2D eigenvalue weighted by Gasteiger charge is -2.23. The number of amides is 2. The molecular weight excluding hydrogens is 416 g/mol. The van der Waals surface area contributed by atoms with Gasteiger partial charge in [0.1, 0.15) is 11.8 Å². The summed E-state index contributed by atoms with van der Waals surface area (Å²) in [5.74, 6) is -0.682. The number of hydrogen-bond donors (Lipinski definition) is 1. The summed E-state index contributed by atoms with van der Waals surface area (Å²) >= 11 is 1.34. The van der Waals surface area contributed by atoms with Crippen LogP contribution in [0.1, 0.15) is 48.8 Å². The number of hydrogen-bond acceptors (Lipinski definition) is 6. The highest BCUT2D eigenvalue weighted by molar-refractivity contribution is 7.12. The van der Waals surface area contributed by atoms with Gasteiger partial charge >= 0.3 is 5.97 Å². The van der Waals surface area contributed by atoms with Crippen LogP contribution in [0, 0.1) is 0 Å². The monoisotopic (exact) mass is 444 g/mol. The number of carbonyl (C=O) groups excluding carboxylic acids is 3. The van der Waals surface area contributed by atoms with Gasteiger partial charge < -0.3 is 19.7 Å². The zero-order valence-corrected chi connectivity index (χ0v) is 19.1. The first-order valence-electron chi connectivity index (χ1n) is 10.2. The minimum Gasteiger partial charge on any atom is -0.495 e. The van der Waals surface area contributed by atoms with E-state index in [4.69, 9.17) is 9.47 Å². The zero-order chi connectivity index (χ0) is 22.6. The number of esters is 1. The van der Waals surface area contributed by atoms with E-state index in [9.17, 15) is 14.4 Å². The van der Waals surface area contributed by atoms with Gasteiger partial charge in [0.05, 0.1) is 17.7 Å². The van der Waals surface area contributed by atoms with Gasteiger partial charge in [0.25, 0.3) is 11.8 Å². The molecule has 2 heterocycles. The van der Waals surface area contributed by atoms with E-state index in [0.717, 1.165) is 12.0 Å². The highest BCUT2D eigenvalue weighted by Gasteiger charge is 2.36. The van der Waals surface area contributed by atoms with Crippen molar-refractivity contribution >= 4 is 34.8 Å². The van der Waals surface area contributed by atoms with Gasteiger partial charge in [-0.05, 0) is 47.4 Å². The number of thiophene rings is 1. The molecule has 0 saturated carbocycles. The molecule has 0 bridgehead atoms. The van der Waals surface area contributed by atoms with E-state index in [1.165, 1.54) is 23.3 Å². The van der Waals surface area contributed by atoms with Crippen molar-refractivity contribution in [2.24, 2.45) is 0 Å². The Labute approximate surface area is 186 Å². The van der Waals surface area contributed by atoms with Crippen LogP contribution in [-0.4, -0.2) is 49.0 Å². The van der Waals surface area contributed by atoms with Crippen molar-refractivity contribution in [2.45, 2.75) is 45.1 Å². The number of methoxy groups -OCH3 is 1. The minimum atomic E-state index is -0.666. The topological polar surface area (TPSA) is 84.9 Å². The van der Waals surface area contributed by atoms with Crippen molar-refractivity contribution in [3.05, 3.63) is 46.2 Å². The van der Waals surface area contributed by atoms with Crippen LogP contribution >= 0.6 is 11.3 Å². The average molecular weight is 445 g/mol. The highest BCUT2D eigenvalue weighted by atomic mass is 32.1. The summed E-state index contributed by atoms with van der Waals surface area (Å²) in [6, 6.07) is 8.48. The first kappa shape index (κ1) is 22.8. The van der Waals surface area contributed by atoms with Crippen molar-refractivity contribution in [3.63, 3.8) is 0 Å². The van der Waals surface area contributed by atoms with Crippen LogP contribution < -0.4 is 10.1 Å². The van der Waals surface area contributed by atoms with Gasteiger partial charge in [0.2, 0.25) is 0 Å². The molecule has 1 atom stereocenters. The second-order valence-electron chi connectivity index (χ2n) is 8.45. The number of nitrogens with one attached hydrogen (secondary N) is 1. The molecule has 1 aliphatic heterocycles. The van der Waals surface area contributed by atoms with E-state index < -0.39 is 24.5 Å². The molecule has 31 heavy (non-hydrogen) atoms. The van der Waals surface area contributed by atoms with Crippen molar-refractivity contribution in [3.8, 4) is 5.75 Å². The van der Waals surface area contributed by atoms with Crippen LogP contribution in [-0.2, 0) is 19.7 Å². The fourth-order valence-corrected chi connectivity index (χ4v) is 4.17. The molecule has 1 aliphatic rings. The van der Waals surface area contributed by atoms with Gasteiger partial charge in [-0.1, -0.05) is 32.9 Å². The molecule has 1 aromatic heterocycles. The second kappa shape index (κ2) is 9.51. The number of nitrogens with zero attached hydrogens (tertiary/aromatic N) is 1. The van der Waals surface area contributed by atoms with Gasteiger partial charge in [0, 0.05) is 6.54 Å². The van der Waals surface area contributed by atoms with Gasteiger partial charge in [-0.25, -0.2) is 4.79 Å². The molecule has 2 aromatic rings. The largest absolute Gasteiger partial charge is 0.495 e. The maximum atomic E-state index is 12.6. The van der Waals surface area contributed by atoms with E-state index in [2.05, 4.69) is 26.1 Å². The molecular formula is C23H28N2O5S. The van der Waals surface area contributed by atoms with Crippen LogP contribution in [0.2, 0.25) is 0 Å². The smallest absolute Gasteiger partial charge is 0.329 e. The second-order valence-corrected chi connectivity index (χ2v) is 9.40. The fourth-order valence-electron chi connectivity index (χ4n) is 3.49. The summed E-state index contributed by atoms with van der Waals surface area (Å²) in [5.41, 5.74) is 1.46. The summed E-state index contributed by atoms with van der Waals surface area (Å²) in [6.45, 7) is 6.30. The van der Waals surface area contributed by atoms with E-state index in [1.807, 2.05) is 17.5 Å². The highest BCUT2D eigenvalue weighted by Crippen LogP contribution is 2.31. The van der Waals surface area contributed by atoms with Crippen molar-refractivity contribution in [1.82, 2.24) is 4.90 Å². The van der Waals surface area contributed by atoms with Crippen LogP contribution in [0.4, 0.5) is 5.69 Å². The third-order valence-corrected chi connectivity index (χ3v) is 6.06. The molecule has 3 rings (SSSR count). The van der Waals surface area contributed by atoms with Gasteiger partial charge in [-0.3, -0.25) is 9.59 Å². The van der Waals surface area contributed by atoms with Crippen molar-refractivity contribution in [1.29, 1.82) is 0 Å². The maximum Gasteiger partial charge on any atom is 0.329 e. The summed E-state index contributed by atoms with van der Waals surface area (Å²) in [6.07, 6.45) is 1.25. The van der Waals surface area contributed by atoms with Crippen molar-refractivity contribution < 1.29 is 23.9 Å². The van der Waals surface area contributed by atoms with Crippen LogP contribution in [0.5, 0.6) is 5.75 Å². The third-order valence-electron chi connectivity index (χ3n) is 5.20. The first-order valence-corrected chi connectivity index (χ1v) is 11.1. The third kappa shape index (κ3) is 5.44. The summed E-state index contributed by atoms with van der Waals surface area (Å²) in [5, 5.41) is 4.58. The number of anilines is 1. The molecule has 8 heteroatoms. The minimum absolute atomic E-state index is 0.0980. The Morgan fingerprint density at radius 1 is 1.23 bits per heavy atom. The molecule has 2 amide bonds. The fraction of sp³-hybridized carbons (Fsp3) is 0.435. The lowest BCUT2D eigenvalue weighted by molar-refractivity contribution is -0.151. The number of rotatable bonds is 6. The van der Waals surface area contributed by atoms with Crippen LogP contribution in [0.15, 0.2) is 35.7 Å². The Hall–Kier alpha value is -2.87. The molecule has 0 unspecified atom stereocenters. The van der Waals surface area contributed by atoms with Crippen LogP contribution in [0.25, 0.3) is 0 Å². The molecule has 0 aliphatic carbocycles. The quantitative estimate of drug-likeness (QED) is 0.685. The Bertz CT molecular complexity index is 949. The Morgan fingerprint density at radius 3 is 2.65 bits per heavy atom. The molecule has 166 valence electrons. The molecule has 1 aromatic carbocycles. The SMILES string of the molecule is COc1ccc(C(C)(C)C)cc1NC(=O)COC(=O)[C@@H]1CCCN1C(=O)c1cccs1. The van der Waals surface area contributed by atoms with Gasteiger partial charge in [-0.15, -0.1) is 11.3 Å². The van der Waals surface area contributed by atoms with Crippen LogP contribution in [0.3, 0.4) is 0 Å². The molecule has 1 N–H and O–H groups in total. The van der Waals surface area contributed by atoms with Gasteiger partial charge in [0.15, 0.2) is 6.61 Å². The molecule has 0 spiro atoms. The summed E-state index contributed by atoms with van der Waals surface area (Å²) in [7, 11) is 1.53. The van der Waals surface area contributed by atoms with E-state index >= 15 is 0 Å². The standard InChI is InChI=1S/C23H28N2O5S/c1-23(2,3)15-9-10-18(29-4)16(13-15)24-20(26)14-30-22(28)17-7-5-11-25(17)21(27)19-8-6-12-31-19/h6,8-10,12-13,17H,5,7,11,14H2,1-4H3,(H,24,26)/t17-/m0/s1. The van der Waals surface area contributed by atoms with Gasteiger partial charge in [-0.2, -0.15) is 0 Å². The summed E-state index contributed by atoms with van der Waals surface area (Å²) < 4.78 is 10.6. The molecule has 0 radical (unpaired) electrons. The van der Waals surface area contributed by atoms with Crippen molar-refractivity contribution in [2.75, 3.05) is 25.6 Å². The molecule has 1 fully saturated rings. The predicted molar refractivity (Wildman–Crippen MR) is 120 cm³/mol. The zero-order valence-electron chi connectivity index (χ0n) is 18.3. The number of ether oxygens (including phenoxy) is 2. The Balaban J connectivity index is 1.60. The first-order chi connectivity index (χ1) is 14.7. The number of carbonyl (C=O) groups is 3. The molecule has 1 saturated heterocycles. The average Bonchev–Trinajstić information content (AvgIpc) is 3.43. The van der Waals surface area contributed by atoms with E-state index in [1.54, 1.807) is 18.2 Å². The normalized spacial score (nSPS) is 16.1. The van der Waals surface area contributed by atoms with E-state index in [-0.39, 0.29) is 11.3 Å². The van der Waals surface area contributed by atoms with E-state index in [0.29, 0.717) is 29.3 Å². The lowest BCUT2D eigenvalue weighted by atomic mass is 9.87.